The third-order valence-electron chi connectivity index (χ3n) is 7.53. The average molecular weight is 443 g/mol. The Kier molecular flexibility index (Phi) is 6.96. The summed E-state index contributed by atoms with van der Waals surface area (Å²) in [6, 6.07) is 0.486. The predicted molar refractivity (Wildman–Crippen MR) is 117 cm³/mol. The maximum atomic E-state index is 12.6. The van der Waals surface area contributed by atoms with Crippen LogP contribution in [-0.2, 0) is 5.41 Å². The Morgan fingerprint density at radius 2 is 1.79 bits per heavy atom. The standard InChI is InChI=1S/C21H30N4O2.2ClH/c26-18(23-5-3-16-2-1-4-22-16)17-12-24-20(25-19(17)27)21-9-13-6-14(10-21)8-15(7-13)11-21;;/h12-16,22H,1-11H2,(H,23,26)(H,24,25,27);2*1H/t13?,14?,15?,16-,21?;;/m0../s1. The topological polar surface area (TPSA) is 86.9 Å². The van der Waals surface area contributed by atoms with E-state index in [1.807, 2.05) is 0 Å². The molecule has 1 aliphatic heterocycles. The Morgan fingerprint density at radius 3 is 2.34 bits per heavy atom. The Hall–Kier alpha value is -1.11. The number of H-pyrrole nitrogens is 1. The summed E-state index contributed by atoms with van der Waals surface area (Å²) in [6.07, 6.45) is 12.3. The Bertz CT molecular complexity index is 756. The molecule has 0 aromatic carbocycles. The number of nitrogens with zero attached hydrogens (tertiary/aromatic N) is 1. The molecule has 1 atom stereocenters. The molecule has 3 N–H and O–H groups in total. The molecule has 4 bridgehead atoms. The molecule has 1 saturated heterocycles. The molecule has 162 valence electrons. The Labute approximate surface area is 184 Å². The molecule has 0 unspecified atom stereocenters. The van der Waals surface area contributed by atoms with Crippen LogP contribution in [0.1, 0.15) is 74.0 Å². The van der Waals surface area contributed by atoms with Gasteiger partial charge in [0.1, 0.15) is 11.4 Å². The van der Waals surface area contributed by atoms with Crippen LogP contribution >= 0.6 is 24.8 Å². The van der Waals surface area contributed by atoms with E-state index in [2.05, 4.69) is 20.6 Å². The maximum Gasteiger partial charge on any atom is 0.263 e. The number of nitrogens with one attached hydrogen (secondary N) is 3. The first kappa shape index (κ1) is 22.6. The van der Waals surface area contributed by atoms with E-state index in [0.717, 1.165) is 62.2 Å². The first-order valence-corrected chi connectivity index (χ1v) is 10.7. The zero-order chi connectivity index (χ0) is 18.4. The Morgan fingerprint density at radius 1 is 1.14 bits per heavy atom. The minimum Gasteiger partial charge on any atom is -0.352 e. The van der Waals surface area contributed by atoms with Gasteiger partial charge in [0.25, 0.3) is 11.5 Å². The van der Waals surface area contributed by atoms with Crippen molar-refractivity contribution in [1.29, 1.82) is 0 Å². The second-order valence-corrected chi connectivity index (χ2v) is 9.51. The van der Waals surface area contributed by atoms with Crippen molar-refractivity contribution < 1.29 is 4.79 Å². The van der Waals surface area contributed by atoms with Gasteiger partial charge in [-0.2, -0.15) is 0 Å². The second-order valence-electron chi connectivity index (χ2n) is 9.51. The van der Waals surface area contributed by atoms with Crippen LogP contribution in [-0.4, -0.2) is 35.0 Å². The van der Waals surface area contributed by atoms with Crippen LogP contribution in [0, 0.1) is 17.8 Å². The molecule has 4 aliphatic carbocycles. The third-order valence-corrected chi connectivity index (χ3v) is 7.53. The number of carbonyl (C=O) groups is 1. The average Bonchev–Trinajstić information content (AvgIpc) is 3.14. The van der Waals surface area contributed by atoms with Gasteiger partial charge in [-0.1, -0.05) is 0 Å². The van der Waals surface area contributed by atoms with E-state index < -0.39 is 0 Å². The lowest BCUT2D eigenvalue weighted by atomic mass is 9.49. The first-order valence-electron chi connectivity index (χ1n) is 10.7. The summed E-state index contributed by atoms with van der Waals surface area (Å²) in [6.45, 7) is 1.65. The molecule has 5 aliphatic rings. The number of aromatic nitrogens is 2. The minimum absolute atomic E-state index is 0. The highest BCUT2D eigenvalue weighted by atomic mass is 35.5. The summed E-state index contributed by atoms with van der Waals surface area (Å²) in [5, 5.41) is 6.30. The van der Waals surface area contributed by atoms with E-state index in [-0.39, 0.29) is 47.3 Å². The summed E-state index contributed by atoms with van der Waals surface area (Å²) >= 11 is 0. The van der Waals surface area contributed by atoms with Crippen LogP contribution in [0.25, 0.3) is 0 Å². The lowest BCUT2D eigenvalue weighted by molar-refractivity contribution is -0.00953. The fourth-order valence-corrected chi connectivity index (χ4v) is 6.69. The lowest BCUT2D eigenvalue weighted by Gasteiger charge is -2.56. The van der Waals surface area contributed by atoms with Crippen LogP contribution in [0.4, 0.5) is 0 Å². The summed E-state index contributed by atoms with van der Waals surface area (Å²) in [4.78, 5) is 32.6. The molecule has 6 nitrogen and oxygen atoms in total. The zero-order valence-corrected chi connectivity index (χ0v) is 18.4. The van der Waals surface area contributed by atoms with Crippen molar-refractivity contribution in [3.05, 3.63) is 27.9 Å². The van der Waals surface area contributed by atoms with Crippen LogP contribution in [0.3, 0.4) is 0 Å². The number of rotatable bonds is 5. The van der Waals surface area contributed by atoms with Gasteiger partial charge >= 0.3 is 0 Å². The second kappa shape index (κ2) is 8.94. The van der Waals surface area contributed by atoms with Crippen LogP contribution < -0.4 is 16.2 Å². The molecular formula is C21H32Cl2N4O2. The number of carbonyl (C=O) groups excluding carboxylic acids is 1. The molecule has 4 saturated carbocycles. The highest BCUT2D eigenvalue weighted by molar-refractivity contribution is 5.93. The van der Waals surface area contributed by atoms with E-state index >= 15 is 0 Å². The van der Waals surface area contributed by atoms with Gasteiger partial charge in [0.2, 0.25) is 0 Å². The van der Waals surface area contributed by atoms with E-state index in [9.17, 15) is 9.59 Å². The van der Waals surface area contributed by atoms with Gasteiger partial charge in [-0.3, -0.25) is 9.59 Å². The van der Waals surface area contributed by atoms with Gasteiger partial charge in [-0.05, 0) is 82.1 Å². The summed E-state index contributed by atoms with van der Waals surface area (Å²) < 4.78 is 0. The summed E-state index contributed by atoms with van der Waals surface area (Å²) in [5.41, 5.74) is -0.0908. The fraction of sp³-hybridized carbons (Fsp3) is 0.762. The lowest BCUT2D eigenvalue weighted by Crippen LogP contribution is -2.50. The largest absolute Gasteiger partial charge is 0.352 e. The zero-order valence-electron chi connectivity index (χ0n) is 16.7. The van der Waals surface area contributed by atoms with E-state index in [1.54, 1.807) is 0 Å². The molecule has 1 aromatic rings. The smallest absolute Gasteiger partial charge is 0.263 e. The molecule has 0 radical (unpaired) electrons. The fourth-order valence-electron chi connectivity index (χ4n) is 6.69. The maximum absolute atomic E-state index is 12.6. The van der Waals surface area contributed by atoms with Crippen molar-refractivity contribution in [2.24, 2.45) is 17.8 Å². The van der Waals surface area contributed by atoms with Crippen LogP contribution in [0.2, 0.25) is 0 Å². The number of halogens is 2. The first-order chi connectivity index (χ1) is 13.1. The highest BCUT2D eigenvalue weighted by Gasteiger charge is 2.52. The van der Waals surface area contributed by atoms with Crippen molar-refractivity contribution in [2.45, 2.75) is 69.2 Å². The molecule has 6 rings (SSSR count). The quantitative estimate of drug-likeness (QED) is 0.653. The molecule has 29 heavy (non-hydrogen) atoms. The molecule has 1 amide bonds. The molecule has 5 fully saturated rings. The van der Waals surface area contributed by atoms with Crippen molar-refractivity contribution in [3.63, 3.8) is 0 Å². The molecule has 0 spiro atoms. The Balaban J connectivity index is 0.00000120. The minimum atomic E-state index is -0.307. The normalized spacial score (nSPS) is 34.3. The van der Waals surface area contributed by atoms with E-state index in [4.69, 9.17) is 0 Å². The third kappa shape index (κ3) is 4.35. The summed E-state index contributed by atoms with van der Waals surface area (Å²) in [5.74, 6) is 2.92. The van der Waals surface area contributed by atoms with Gasteiger partial charge in [0.15, 0.2) is 0 Å². The van der Waals surface area contributed by atoms with E-state index in [1.165, 1.54) is 31.9 Å². The predicted octanol–water partition coefficient (Wildman–Crippen LogP) is 2.95. The van der Waals surface area contributed by atoms with Gasteiger partial charge in [0, 0.05) is 24.2 Å². The van der Waals surface area contributed by atoms with Gasteiger partial charge in [-0.25, -0.2) is 4.98 Å². The van der Waals surface area contributed by atoms with Crippen LogP contribution in [0.15, 0.2) is 11.0 Å². The van der Waals surface area contributed by atoms with Crippen molar-refractivity contribution in [2.75, 3.05) is 13.1 Å². The highest BCUT2D eigenvalue weighted by Crippen LogP contribution is 2.59. The van der Waals surface area contributed by atoms with Crippen molar-refractivity contribution >= 4 is 30.7 Å². The number of hydrogen-bond donors (Lipinski definition) is 3. The number of aromatic amines is 1. The molecule has 8 heteroatoms. The SMILES string of the molecule is Cl.Cl.O=C(NCC[C@@H]1CCCN1)c1cnc(C23CC4CC(CC(C4)C2)C3)[nH]c1=O. The monoisotopic (exact) mass is 442 g/mol. The van der Waals surface area contributed by atoms with Crippen molar-refractivity contribution in [3.8, 4) is 0 Å². The van der Waals surface area contributed by atoms with Gasteiger partial charge < -0.3 is 15.6 Å². The van der Waals surface area contributed by atoms with Crippen molar-refractivity contribution in [1.82, 2.24) is 20.6 Å². The van der Waals surface area contributed by atoms with Crippen LogP contribution in [0.5, 0.6) is 0 Å². The molecule has 2 heterocycles. The van der Waals surface area contributed by atoms with Gasteiger partial charge in [-0.15, -0.1) is 24.8 Å². The number of hydrogen-bond acceptors (Lipinski definition) is 4. The van der Waals surface area contributed by atoms with Gasteiger partial charge in [0.05, 0.1) is 0 Å². The molecular weight excluding hydrogens is 411 g/mol. The molecule has 1 aromatic heterocycles. The summed E-state index contributed by atoms with van der Waals surface area (Å²) in [7, 11) is 0. The van der Waals surface area contributed by atoms with E-state index in [0.29, 0.717) is 12.6 Å². The number of amides is 1.